The molecular weight excluding hydrogens is 184 g/mol. The standard InChI is InChI=1S/C14H22O/c1-3-5-7-9-13-11-10-12(14(13)15)8-6-4-2/h8-9H,3-7,10-11H2,1-2H3. The second kappa shape index (κ2) is 6.60. The summed E-state index contributed by atoms with van der Waals surface area (Å²) in [5.74, 6) is 0.319. The van der Waals surface area contributed by atoms with Crippen LogP contribution in [0.2, 0.25) is 0 Å². The van der Waals surface area contributed by atoms with E-state index in [2.05, 4.69) is 26.0 Å². The minimum Gasteiger partial charge on any atom is -0.289 e. The molecule has 15 heavy (non-hydrogen) atoms. The minimum atomic E-state index is 0.319. The van der Waals surface area contributed by atoms with Crippen LogP contribution >= 0.6 is 0 Å². The SMILES string of the molecule is CCCC=C1CCC(=CCCCC)C1=O. The van der Waals surface area contributed by atoms with Crippen LogP contribution in [-0.2, 0) is 4.79 Å². The number of hydrogen-bond acceptors (Lipinski definition) is 1. The third-order valence-electron chi connectivity index (χ3n) is 2.87. The lowest BCUT2D eigenvalue weighted by molar-refractivity contribution is -0.111. The molecule has 0 amide bonds. The second-order valence-corrected chi connectivity index (χ2v) is 4.22. The van der Waals surface area contributed by atoms with Gasteiger partial charge >= 0.3 is 0 Å². The van der Waals surface area contributed by atoms with Crippen molar-refractivity contribution < 1.29 is 4.79 Å². The molecule has 1 aliphatic carbocycles. The van der Waals surface area contributed by atoms with Crippen molar-refractivity contribution in [3.05, 3.63) is 23.3 Å². The molecule has 0 aromatic heterocycles. The number of rotatable bonds is 5. The molecule has 1 heteroatoms. The van der Waals surface area contributed by atoms with E-state index in [0.717, 1.165) is 43.3 Å². The number of carbonyl (C=O) groups is 1. The summed E-state index contributed by atoms with van der Waals surface area (Å²) < 4.78 is 0. The van der Waals surface area contributed by atoms with Crippen molar-refractivity contribution in [2.45, 2.75) is 58.8 Å². The van der Waals surface area contributed by atoms with Gasteiger partial charge in [-0.3, -0.25) is 4.79 Å². The molecule has 0 aliphatic heterocycles. The van der Waals surface area contributed by atoms with Crippen molar-refractivity contribution in [2.24, 2.45) is 0 Å². The topological polar surface area (TPSA) is 17.1 Å². The normalized spacial score (nSPS) is 21.9. The monoisotopic (exact) mass is 206 g/mol. The van der Waals surface area contributed by atoms with E-state index in [0.29, 0.717) is 5.78 Å². The van der Waals surface area contributed by atoms with Crippen LogP contribution in [0.4, 0.5) is 0 Å². The lowest BCUT2D eigenvalue weighted by atomic mass is 10.1. The third kappa shape index (κ3) is 3.65. The van der Waals surface area contributed by atoms with Crippen molar-refractivity contribution in [3.63, 3.8) is 0 Å². The average molecular weight is 206 g/mol. The van der Waals surface area contributed by atoms with Crippen molar-refractivity contribution in [1.82, 2.24) is 0 Å². The van der Waals surface area contributed by atoms with Crippen molar-refractivity contribution in [2.75, 3.05) is 0 Å². The lowest BCUT2D eigenvalue weighted by Gasteiger charge is -1.95. The summed E-state index contributed by atoms with van der Waals surface area (Å²) >= 11 is 0. The smallest absolute Gasteiger partial charge is 0.184 e. The molecular formula is C14H22O. The molecule has 0 spiro atoms. The van der Waals surface area contributed by atoms with Gasteiger partial charge in [-0.15, -0.1) is 0 Å². The van der Waals surface area contributed by atoms with Gasteiger partial charge in [-0.2, -0.15) is 0 Å². The van der Waals surface area contributed by atoms with Gasteiger partial charge in [0.1, 0.15) is 0 Å². The van der Waals surface area contributed by atoms with Gasteiger partial charge in [0.25, 0.3) is 0 Å². The Morgan fingerprint density at radius 3 is 2.13 bits per heavy atom. The number of carbonyl (C=O) groups excluding carboxylic acids is 1. The highest BCUT2D eigenvalue weighted by molar-refractivity contribution is 6.10. The molecule has 84 valence electrons. The van der Waals surface area contributed by atoms with Crippen LogP contribution in [0.15, 0.2) is 23.3 Å². The predicted octanol–water partition coefficient (Wildman–Crippen LogP) is 4.19. The highest BCUT2D eigenvalue weighted by atomic mass is 16.1. The molecule has 0 unspecified atom stereocenters. The molecule has 1 nitrogen and oxygen atoms in total. The molecule has 1 fully saturated rings. The quantitative estimate of drug-likeness (QED) is 0.487. The summed E-state index contributed by atoms with van der Waals surface area (Å²) in [5, 5.41) is 0. The number of ketones is 1. The zero-order valence-electron chi connectivity index (χ0n) is 10.0. The van der Waals surface area contributed by atoms with E-state index in [9.17, 15) is 4.79 Å². The van der Waals surface area contributed by atoms with Gasteiger partial charge in [0.05, 0.1) is 0 Å². The number of unbranched alkanes of at least 4 members (excludes halogenated alkanes) is 3. The van der Waals surface area contributed by atoms with E-state index in [4.69, 9.17) is 0 Å². The van der Waals surface area contributed by atoms with Gasteiger partial charge < -0.3 is 0 Å². The molecule has 1 saturated carbocycles. The van der Waals surface area contributed by atoms with Crippen LogP contribution < -0.4 is 0 Å². The van der Waals surface area contributed by atoms with Crippen LogP contribution in [-0.4, -0.2) is 5.78 Å². The Bertz CT molecular complexity index is 271. The molecule has 0 N–H and O–H groups in total. The maximum atomic E-state index is 11.9. The van der Waals surface area contributed by atoms with Crippen LogP contribution in [0.1, 0.15) is 58.8 Å². The molecule has 0 aromatic rings. The van der Waals surface area contributed by atoms with E-state index < -0.39 is 0 Å². The fourth-order valence-corrected chi connectivity index (χ4v) is 1.89. The van der Waals surface area contributed by atoms with Gasteiger partial charge in [0, 0.05) is 0 Å². The first-order chi connectivity index (χ1) is 7.29. The zero-order valence-corrected chi connectivity index (χ0v) is 10.0. The molecule has 1 aliphatic rings. The number of Topliss-reactive ketones (excluding diaryl/α,β-unsaturated/α-hetero) is 1. The van der Waals surface area contributed by atoms with Crippen molar-refractivity contribution >= 4 is 5.78 Å². The maximum absolute atomic E-state index is 11.9. The Hall–Kier alpha value is -0.850. The first-order valence-corrected chi connectivity index (χ1v) is 6.22. The second-order valence-electron chi connectivity index (χ2n) is 4.22. The first-order valence-electron chi connectivity index (χ1n) is 6.22. The Morgan fingerprint density at radius 2 is 1.60 bits per heavy atom. The van der Waals surface area contributed by atoms with Crippen LogP contribution in [0.5, 0.6) is 0 Å². The zero-order chi connectivity index (χ0) is 11.1. The largest absolute Gasteiger partial charge is 0.289 e. The molecule has 0 radical (unpaired) electrons. The summed E-state index contributed by atoms with van der Waals surface area (Å²) in [5.41, 5.74) is 2.12. The van der Waals surface area contributed by atoms with Crippen molar-refractivity contribution in [3.8, 4) is 0 Å². The van der Waals surface area contributed by atoms with E-state index >= 15 is 0 Å². The fourth-order valence-electron chi connectivity index (χ4n) is 1.89. The Balaban J connectivity index is 2.52. The summed E-state index contributed by atoms with van der Waals surface area (Å²) in [6.07, 6.45) is 11.9. The van der Waals surface area contributed by atoms with E-state index in [1.807, 2.05) is 0 Å². The molecule has 0 bridgehead atoms. The van der Waals surface area contributed by atoms with E-state index in [-0.39, 0.29) is 0 Å². The highest BCUT2D eigenvalue weighted by Gasteiger charge is 2.21. The van der Waals surface area contributed by atoms with E-state index in [1.54, 1.807) is 0 Å². The van der Waals surface area contributed by atoms with Crippen LogP contribution in [0, 0.1) is 0 Å². The molecule has 0 saturated heterocycles. The first kappa shape index (κ1) is 12.2. The molecule has 0 heterocycles. The van der Waals surface area contributed by atoms with Gasteiger partial charge in [-0.05, 0) is 36.8 Å². The summed E-state index contributed by atoms with van der Waals surface area (Å²) in [4.78, 5) is 11.9. The molecule has 0 aromatic carbocycles. The number of hydrogen-bond donors (Lipinski definition) is 0. The third-order valence-corrected chi connectivity index (χ3v) is 2.87. The Labute approximate surface area is 93.3 Å². The van der Waals surface area contributed by atoms with Gasteiger partial charge in [-0.25, -0.2) is 0 Å². The maximum Gasteiger partial charge on any atom is 0.184 e. The van der Waals surface area contributed by atoms with E-state index in [1.165, 1.54) is 12.8 Å². The summed E-state index contributed by atoms with van der Waals surface area (Å²) in [6.45, 7) is 4.33. The lowest BCUT2D eigenvalue weighted by Crippen LogP contribution is -1.95. The highest BCUT2D eigenvalue weighted by Crippen LogP contribution is 2.27. The van der Waals surface area contributed by atoms with Crippen LogP contribution in [0.25, 0.3) is 0 Å². The van der Waals surface area contributed by atoms with Gasteiger partial charge in [-0.1, -0.05) is 45.3 Å². The predicted molar refractivity (Wildman–Crippen MR) is 64.8 cm³/mol. The summed E-state index contributed by atoms with van der Waals surface area (Å²) in [6, 6.07) is 0. The molecule has 1 rings (SSSR count). The van der Waals surface area contributed by atoms with Crippen molar-refractivity contribution in [1.29, 1.82) is 0 Å². The van der Waals surface area contributed by atoms with Gasteiger partial charge in [0.15, 0.2) is 5.78 Å². The minimum absolute atomic E-state index is 0.319. The Morgan fingerprint density at radius 1 is 1.00 bits per heavy atom. The van der Waals surface area contributed by atoms with Crippen LogP contribution in [0.3, 0.4) is 0 Å². The average Bonchev–Trinajstić information content (AvgIpc) is 2.58. The fraction of sp³-hybridized carbons (Fsp3) is 0.643. The Kier molecular flexibility index (Phi) is 5.38. The number of allylic oxidation sites excluding steroid dienone is 4. The van der Waals surface area contributed by atoms with Gasteiger partial charge in [0.2, 0.25) is 0 Å². The summed E-state index contributed by atoms with van der Waals surface area (Å²) in [7, 11) is 0. The molecule has 0 atom stereocenters.